The quantitative estimate of drug-likeness (QED) is 0.663. The zero-order valence-electron chi connectivity index (χ0n) is 11.0. The van der Waals surface area contributed by atoms with Crippen molar-refractivity contribution in [2.24, 2.45) is 5.92 Å². The van der Waals surface area contributed by atoms with Gasteiger partial charge in [-0.05, 0) is 39.5 Å². The summed E-state index contributed by atoms with van der Waals surface area (Å²) in [6.07, 6.45) is 2.39. The van der Waals surface area contributed by atoms with Crippen molar-refractivity contribution in [3.8, 4) is 0 Å². The monoisotopic (exact) mass is 242 g/mol. The highest BCUT2D eigenvalue weighted by Gasteiger charge is 2.31. The molecule has 1 unspecified atom stereocenters. The van der Waals surface area contributed by atoms with E-state index in [9.17, 15) is 9.59 Å². The Morgan fingerprint density at radius 1 is 1.41 bits per heavy atom. The second-order valence-corrected chi connectivity index (χ2v) is 5.16. The molecular weight excluding hydrogens is 220 g/mol. The van der Waals surface area contributed by atoms with Crippen LogP contribution in [0.4, 0.5) is 0 Å². The maximum absolute atomic E-state index is 11.6. The van der Waals surface area contributed by atoms with Crippen molar-refractivity contribution in [3.63, 3.8) is 0 Å². The average Bonchev–Trinajstić information content (AvgIpc) is 3.09. The summed E-state index contributed by atoms with van der Waals surface area (Å²) in [5.41, 5.74) is -0.838. The van der Waals surface area contributed by atoms with Gasteiger partial charge in [0, 0.05) is 6.04 Å². The number of methoxy groups -OCH3 is 1. The molecule has 0 spiro atoms. The molecule has 1 saturated carbocycles. The van der Waals surface area contributed by atoms with Crippen molar-refractivity contribution in [2.75, 3.05) is 13.7 Å². The lowest BCUT2D eigenvalue weighted by molar-refractivity contribution is -0.147. The summed E-state index contributed by atoms with van der Waals surface area (Å²) < 4.78 is 4.64. The van der Waals surface area contributed by atoms with Crippen LogP contribution in [0.25, 0.3) is 0 Å². The Balaban J connectivity index is 2.29. The van der Waals surface area contributed by atoms with Gasteiger partial charge in [-0.3, -0.25) is 14.9 Å². The minimum atomic E-state index is -0.838. The van der Waals surface area contributed by atoms with Crippen molar-refractivity contribution in [3.05, 3.63) is 0 Å². The third kappa shape index (κ3) is 4.34. The summed E-state index contributed by atoms with van der Waals surface area (Å²) in [5.74, 6) is 0.175. The molecule has 0 aliphatic heterocycles. The Hall–Kier alpha value is -1.10. The molecule has 5 heteroatoms. The van der Waals surface area contributed by atoms with Crippen LogP contribution in [0.3, 0.4) is 0 Å². The van der Waals surface area contributed by atoms with E-state index in [4.69, 9.17) is 0 Å². The molecule has 98 valence electrons. The summed E-state index contributed by atoms with van der Waals surface area (Å²) in [6.45, 7) is 5.52. The van der Waals surface area contributed by atoms with Crippen LogP contribution < -0.4 is 10.6 Å². The van der Waals surface area contributed by atoms with E-state index in [1.54, 1.807) is 13.8 Å². The Kier molecular flexibility index (Phi) is 4.51. The second-order valence-electron chi connectivity index (χ2n) is 5.16. The summed E-state index contributed by atoms with van der Waals surface area (Å²) in [5, 5.41) is 5.81. The summed E-state index contributed by atoms with van der Waals surface area (Å²) in [6, 6.07) is 0.227. The molecule has 1 rings (SSSR count). The lowest BCUT2D eigenvalue weighted by atomic mass is 10.1. The number of nitrogens with one attached hydrogen (secondary N) is 2. The Labute approximate surface area is 102 Å². The van der Waals surface area contributed by atoms with Gasteiger partial charge in [-0.25, -0.2) is 0 Å². The minimum Gasteiger partial charge on any atom is -0.468 e. The summed E-state index contributed by atoms with van der Waals surface area (Å²) in [4.78, 5) is 23.0. The fourth-order valence-electron chi connectivity index (χ4n) is 1.65. The molecule has 5 nitrogen and oxygen atoms in total. The normalized spacial score (nSPS) is 17.4. The van der Waals surface area contributed by atoms with E-state index in [2.05, 4.69) is 15.4 Å². The van der Waals surface area contributed by atoms with Crippen molar-refractivity contribution < 1.29 is 14.3 Å². The molecule has 0 heterocycles. The molecule has 17 heavy (non-hydrogen) atoms. The molecule has 1 fully saturated rings. The SMILES string of the molecule is COC(=O)C(C)(C)NCC(=O)NC(C)C1CC1. The van der Waals surface area contributed by atoms with Crippen LogP contribution in [0.2, 0.25) is 0 Å². The summed E-state index contributed by atoms with van der Waals surface area (Å²) >= 11 is 0. The first kappa shape index (κ1) is 14.0. The highest BCUT2D eigenvalue weighted by molar-refractivity contribution is 5.82. The molecule has 0 saturated heterocycles. The minimum absolute atomic E-state index is 0.0821. The Bertz CT molecular complexity index is 298. The number of ether oxygens (including phenoxy) is 1. The Morgan fingerprint density at radius 3 is 2.47 bits per heavy atom. The van der Waals surface area contributed by atoms with Gasteiger partial charge >= 0.3 is 5.97 Å². The van der Waals surface area contributed by atoms with E-state index >= 15 is 0 Å². The molecule has 1 aliphatic rings. The first-order valence-electron chi connectivity index (χ1n) is 5.99. The Morgan fingerprint density at radius 2 is 2.00 bits per heavy atom. The third-order valence-electron chi connectivity index (χ3n) is 3.10. The number of hydrogen-bond donors (Lipinski definition) is 2. The standard InChI is InChI=1S/C12H22N2O3/c1-8(9-5-6-9)14-10(15)7-13-12(2,3)11(16)17-4/h8-9,13H,5-7H2,1-4H3,(H,14,15). The first-order chi connectivity index (χ1) is 7.86. The highest BCUT2D eigenvalue weighted by atomic mass is 16.5. The van der Waals surface area contributed by atoms with Crippen LogP contribution in [0.15, 0.2) is 0 Å². The van der Waals surface area contributed by atoms with E-state index in [0.717, 1.165) is 0 Å². The number of carbonyl (C=O) groups excluding carboxylic acids is 2. The molecule has 0 radical (unpaired) electrons. The molecule has 0 aromatic rings. The van der Waals surface area contributed by atoms with E-state index in [1.807, 2.05) is 6.92 Å². The van der Waals surface area contributed by atoms with Gasteiger partial charge in [-0.2, -0.15) is 0 Å². The van der Waals surface area contributed by atoms with E-state index < -0.39 is 5.54 Å². The number of carbonyl (C=O) groups is 2. The van der Waals surface area contributed by atoms with Gasteiger partial charge in [0.15, 0.2) is 0 Å². The van der Waals surface area contributed by atoms with Crippen LogP contribution >= 0.6 is 0 Å². The largest absolute Gasteiger partial charge is 0.468 e. The molecule has 2 N–H and O–H groups in total. The molecule has 0 bridgehead atoms. The number of rotatable bonds is 6. The number of hydrogen-bond acceptors (Lipinski definition) is 4. The van der Waals surface area contributed by atoms with Crippen molar-refractivity contribution in [2.45, 2.75) is 45.2 Å². The molecule has 0 aromatic carbocycles. The van der Waals surface area contributed by atoms with Gasteiger partial charge in [0.25, 0.3) is 0 Å². The summed E-state index contributed by atoms with van der Waals surface area (Å²) in [7, 11) is 1.33. The van der Waals surface area contributed by atoms with Crippen molar-refractivity contribution in [1.82, 2.24) is 10.6 Å². The van der Waals surface area contributed by atoms with E-state index in [-0.39, 0.29) is 24.5 Å². The lowest BCUT2D eigenvalue weighted by Gasteiger charge is -2.23. The molecule has 1 aliphatic carbocycles. The highest BCUT2D eigenvalue weighted by Crippen LogP contribution is 2.32. The van der Waals surface area contributed by atoms with E-state index in [0.29, 0.717) is 5.92 Å². The molecule has 0 aromatic heterocycles. The maximum Gasteiger partial charge on any atom is 0.325 e. The smallest absolute Gasteiger partial charge is 0.325 e. The van der Waals surface area contributed by atoms with Gasteiger partial charge in [0.1, 0.15) is 5.54 Å². The number of esters is 1. The fourth-order valence-corrected chi connectivity index (χ4v) is 1.65. The van der Waals surface area contributed by atoms with Crippen LogP contribution in [-0.2, 0) is 14.3 Å². The second kappa shape index (κ2) is 5.49. The maximum atomic E-state index is 11.6. The predicted octanol–water partition coefficient (Wildman–Crippen LogP) is 0.442. The average molecular weight is 242 g/mol. The topological polar surface area (TPSA) is 67.4 Å². The molecular formula is C12H22N2O3. The van der Waals surface area contributed by atoms with Crippen LogP contribution in [0.5, 0.6) is 0 Å². The third-order valence-corrected chi connectivity index (χ3v) is 3.10. The molecule has 1 atom stereocenters. The molecule has 1 amide bonds. The zero-order valence-corrected chi connectivity index (χ0v) is 11.0. The van der Waals surface area contributed by atoms with Crippen molar-refractivity contribution in [1.29, 1.82) is 0 Å². The fraction of sp³-hybridized carbons (Fsp3) is 0.833. The van der Waals surface area contributed by atoms with Gasteiger partial charge in [0.05, 0.1) is 13.7 Å². The van der Waals surface area contributed by atoms with E-state index in [1.165, 1.54) is 20.0 Å². The number of amides is 1. The van der Waals surface area contributed by atoms with Gasteiger partial charge < -0.3 is 10.1 Å². The van der Waals surface area contributed by atoms with Crippen LogP contribution in [0, 0.1) is 5.92 Å². The van der Waals surface area contributed by atoms with Gasteiger partial charge in [0.2, 0.25) is 5.91 Å². The van der Waals surface area contributed by atoms with Crippen LogP contribution in [0.1, 0.15) is 33.6 Å². The van der Waals surface area contributed by atoms with Gasteiger partial charge in [-0.1, -0.05) is 0 Å². The van der Waals surface area contributed by atoms with Gasteiger partial charge in [-0.15, -0.1) is 0 Å². The van der Waals surface area contributed by atoms with Crippen LogP contribution in [-0.4, -0.2) is 37.1 Å². The lowest BCUT2D eigenvalue weighted by Crippen LogP contribution is -2.52. The van der Waals surface area contributed by atoms with Crippen molar-refractivity contribution >= 4 is 11.9 Å². The zero-order chi connectivity index (χ0) is 13.1. The predicted molar refractivity (Wildman–Crippen MR) is 64.4 cm³/mol. The first-order valence-corrected chi connectivity index (χ1v) is 5.99.